The summed E-state index contributed by atoms with van der Waals surface area (Å²) < 4.78 is 46.3. The molecular weight excluding hydrogens is 395 g/mol. The van der Waals surface area contributed by atoms with E-state index < -0.39 is 6.36 Å². The van der Waals surface area contributed by atoms with Crippen molar-refractivity contribution in [1.82, 2.24) is 4.90 Å². The number of nitrogens with zero attached hydrogens (tertiary/aromatic N) is 1. The number of furan rings is 1. The molecule has 1 unspecified atom stereocenters. The van der Waals surface area contributed by atoms with Crippen molar-refractivity contribution in [3.63, 3.8) is 0 Å². The second-order valence-electron chi connectivity index (χ2n) is 6.90. The first-order valence-corrected chi connectivity index (χ1v) is 9.35. The van der Waals surface area contributed by atoms with E-state index in [-0.39, 0.29) is 17.6 Å². The molecule has 0 saturated heterocycles. The number of hydrogen-bond acceptors (Lipinski definition) is 4. The normalized spacial score (nSPS) is 16.5. The van der Waals surface area contributed by atoms with E-state index in [2.05, 4.69) is 4.74 Å². The first-order valence-electron chi connectivity index (χ1n) is 9.35. The Bertz CT molecular complexity index is 1040. The summed E-state index contributed by atoms with van der Waals surface area (Å²) in [5.41, 5.74) is 3.48. The molecular formula is C23H18F3NO3. The van der Waals surface area contributed by atoms with E-state index in [0.717, 1.165) is 17.5 Å². The van der Waals surface area contributed by atoms with Gasteiger partial charge in [-0.2, -0.15) is 0 Å². The van der Waals surface area contributed by atoms with Crippen LogP contribution in [0.2, 0.25) is 0 Å². The van der Waals surface area contributed by atoms with E-state index in [1.54, 1.807) is 24.4 Å². The molecule has 3 aromatic rings. The van der Waals surface area contributed by atoms with Crippen LogP contribution in [0.25, 0.3) is 0 Å². The molecule has 0 aliphatic carbocycles. The summed E-state index contributed by atoms with van der Waals surface area (Å²) in [7, 11) is 0. The van der Waals surface area contributed by atoms with Crippen LogP contribution < -0.4 is 4.74 Å². The molecule has 1 aliphatic rings. The molecule has 2 aromatic carbocycles. The summed E-state index contributed by atoms with van der Waals surface area (Å²) in [5, 5.41) is 0. The predicted molar refractivity (Wildman–Crippen MR) is 104 cm³/mol. The lowest BCUT2D eigenvalue weighted by Gasteiger charge is -2.37. The number of alkyl halides is 3. The zero-order valence-electron chi connectivity index (χ0n) is 15.8. The molecule has 0 radical (unpaired) electrons. The highest BCUT2D eigenvalue weighted by Crippen LogP contribution is 2.36. The molecule has 4 rings (SSSR count). The Morgan fingerprint density at radius 1 is 1.10 bits per heavy atom. The van der Waals surface area contributed by atoms with Gasteiger partial charge >= 0.3 is 6.36 Å². The molecule has 0 spiro atoms. The summed E-state index contributed by atoms with van der Waals surface area (Å²) in [6.07, 6.45) is 2.09. The molecule has 0 N–H and O–H groups in total. The number of ketones is 1. The van der Waals surface area contributed by atoms with Crippen molar-refractivity contribution >= 4 is 5.78 Å². The third-order valence-electron chi connectivity index (χ3n) is 4.97. The van der Waals surface area contributed by atoms with Crippen LogP contribution in [0.15, 0.2) is 83.8 Å². The molecule has 4 nitrogen and oxygen atoms in total. The molecule has 2 heterocycles. The Labute approximate surface area is 171 Å². The van der Waals surface area contributed by atoms with Crippen molar-refractivity contribution < 1.29 is 27.1 Å². The molecule has 0 bridgehead atoms. The lowest BCUT2D eigenvalue weighted by atomic mass is 9.88. The number of halogens is 3. The molecule has 30 heavy (non-hydrogen) atoms. The number of allylic oxidation sites excluding steroid dienone is 1. The van der Waals surface area contributed by atoms with E-state index in [4.69, 9.17) is 4.42 Å². The average molecular weight is 413 g/mol. The van der Waals surface area contributed by atoms with Crippen molar-refractivity contribution in [3.8, 4) is 5.75 Å². The molecule has 0 saturated carbocycles. The van der Waals surface area contributed by atoms with Crippen molar-refractivity contribution in [2.75, 3.05) is 6.54 Å². The third-order valence-corrected chi connectivity index (χ3v) is 4.97. The minimum atomic E-state index is -4.73. The molecule has 1 aliphatic heterocycles. The van der Waals surface area contributed by atoms with Crippen LogP contribution in [-0.4, -0.2) is 23.6 Å². The fourth-order valence-corrected chi connectivity index (χ4v) is 3.63. The zero-order valence-corrected chi connectivity index (χ0v) is 15.8. The number of ether oxygens (including phenoxy) is 1. The predicted octanol–water partition coefficient (Wildman–Crippen LogP) is 5.52. The van der Waals surface area contributed by atoms with Crippen LogP contribution in [0, 0.1) is 0 Å². The molecule has 0 fully saturated rings. The largest absolute Gasteiger partial charge is 0.573 e. The molecule has 7 heteroatoms. The number of carbonyl (C=O) groups excluding carboxylic acids is 1. The SMILES string of the molecule is O=C(C=CN1CCc2ccccc2C1c1ccc(OC(F)(F)F)cc1)c1ccoc1. The smallest absolute Gasteiger partial charge is 0.472 e. The standard InChI is InChI=1S/C23H18F3NO3/c24-23(25,26)30-19-7-5-17(6-8-19)22-20-4-2-1-3-16(20)9-12-27(22)13-10-21(28)18-11-14-29-15-18/h1-8,10-11,13-15,22H,9,12H2. The highest BCUT2D eigenvalue weighted by molar-refractivity contribution is 6.04. The molecule has 1 atom stereocenters. The van der Waals surface area contributed by atoms with E-state index in [9.17, 15) is 18.0 Å². The summed E-state index contributed by atoms with van der Waals surface area (Å²) in [6, 6.07) is 15.1. The summed E-state index contributed by atoms with van der Waals surface area (Å²) in [6.45, 7) is 0.664. The van der Waals surface area contributed by atoms with Crippen LogP contribution in [-0.2, 0) is 6.42 Å². The second-order valence-corrected chi connectivity index (χ2v) is 6.90. The van der Waals surface area contributed by atoms with Crippen LogP contribution in [0.1, 0.15) is 33.1 Å². The van der Waals surface area contributed by atoms with Gasteiger partial charge in [0.25, 0.3) is 0 Å². The van der Waals surface area contributed by atoms with Crippen LogP contribution in [0.3, 0.4) is 0 Å². The Hall–Kier alpha value is -3.48. The van der Waals surface area contributed by atoms with Gasteiger partial charge in [0.15, 0.2) is 5.78 Å². The van der Waals surface area contributed by atoms with Gasteiger partial charge in [-0.3, -0.25) is 4.79 Å². The van der Waals surface area contributed by atoms with Crippen LogP contribution in [0.5, 0.6) is 5.75 Å². The van der Waals surface area contributed by atoms with Crippen molar-refractivity contribution in [1.29, 1.82) is 0 Å². The minimum absolute atomic E-state index is 0.185. The van der Waals surface area contributed by atoms with Gasteiger partial charge in [0, 0.05) is 18.8 Å². The fourth-order valence-electron chi connectivity index (χ4n) is 3.63. The van der Waals surface area contributed by atoms with E-state index in [0.29, 0.717) is 12.1 Å². The third kappa shape index (κ3) is 4.40. The van der Waals surface area contributed by atoms with Crippen molar-refractivity contribution in [2.45, 2.75) is 18.8 Å². The average Bonchev–Trinajstić information content (AvgIpc) is 3.26. The number of hydrogen-bond donors (Lipinski definition) is 0. The summed E-state index contributed by atoms with van der Waals surface area (Å²) in [5.74, 6) is -0.456. The van der Waals surface area contributed by atoms with E-state index >= 15 is 0 Å². The van der Waals surface area contributed by atoms with Crippen molar-refractivity contribution in [3.05, 3.63) is 102 Å². The Morgan fingerprint density at radius 3 is 2.57 bits per heavy atom. The molecule has 1 aromatic heterocycles. The summed E-state index contributed by atoms with van der Waals surface area (Å²) >= 11 is 0. The van der Waals surface area contributed by atoms with Crippen LogP contribution in [0.4, 0.5) is 13.2 Å². The number of benzene rings is 2. The van der Waals surface area contributed by atoms with Crippen molar-refractivity contribution in [2.24, 2.45) is 0 Å². The molecule has 154 valence electrons. The monoisotopic (exact) mass is 413 g/mol. The fraction of sp³-hybridized carbons (Fsp3) is 0.174. The minimum Gasteiger partial charge on any atom is -0.472 e. The van der Waals surface area contributed by atoms with Gasteiger partial charge in [-0.15, -0.1) is 13.2 Å². The Kier molecular flexibility index (Phi) is 5.35. The highest BCUT2D eigenvalue weighted by atomic mass is 19.4. The van der Waals surface area contributed by atoms with Gasteiger partial charge in [-0.05, 0) is 41.3 Å². The quantitative estimate of drug-likeness (QED) is 0.408. The van der Waals surface area contributed by atoms with Crippen LogP contribution >= 0.6 is 0 Å². The first-order chi connectivity index (χ1) is 14.4. The topological polar surface area (TPSA) is 42.7 Å². The first kappa shape index (κ1) is 19.8. The maximum atomic E-state index is 12.5. The summed E-state index contributed by atoms with van der Waals surface area (Å²) in [4.78, 5) is 14.3. The van der Waals surface area contributed by atoms with E-state index in [1.165, 1.54) is 36.3 Å². The van der Waals surface area contributed by atoms with Gasteiger partial charge in [0.05, 0.1) is 17.9 Å². The van der Waals surface area contributed by atoms with Gasteiger partial charge < -0.3 is 14.1 Å². The van der Waals surface area contributed by atoms with Gasteiger partial charge in [-0.1, -0.05) is 36.4 Å². The lowest BCUT2D eigenvalue weighted by Crippen LogP contribution is -2.32. The highest BCUT2D eigenvalue weighted by Gasteiger charge is 2.31. The lowest BCUT2D eigenvalue weighted by molar-refractivity contribution is -0.274. The molecule has 0 amide bonds. The Morgan fingerprint density at radius 2 is 1.87 bits per heavy atom. The van der Waals surface area contributed by atoms with E-state index in [1.807, 2.05) is 29.2 Å². The number of fused-ring (bicyclic) bond motifs is 1. The maximum Gasteiger partial charge on any atom is 0.573 e. The van der Waals surface area contributed by atoms with Gasteiger partial charge in [0.1, 0.15) is 12.0 Å². The van der Waals surface area contributed by atoms with Gasteiger partial charge in [-0.25, -0.2) is 0 Å². The van der Waals surface area contributed by atoms with Gasteiger partial charge in [0.2, 0.25) is 0 Å². The number of carbonyl (C=O) groups is 1. The second kappa shape index (κ2) is 8.10. The maximum absolute atomic E-state index is 12.5. The Balaban J connectivity index is 1.64. The number of rotatable bonds is 5. The zero-order chi connectivity index (χ0) is 21.1.